The van der Waals surface area contributed by atoms with Crippen LogP contribution in [0.3, 0.4) is 0 Å². The quantitative estimate of drug-likeness (QED) is 0.736. The Labute approximate surface area is 139 Å². The molecule has 0 radical (unpaired) electrons. The first kappa shape index (κ1) is 15.2. The van der Waals surface area contributed by atoms with Crippen molar-refractivity contribution in [1.29, 1.82) is 0 Å². The normalized spacial score (nSPS) is 10.3. The van der Waals surface area contributed by atoms with Crippen LogP contribution in [0.4, 0.5) is 17.6 Å². The topological polar surface area (TPSA) is 62.7 Å². The maximum atomic E-state index is 5.98. The van der Waals surface area contributed by atoms with E-state index in [9.17, 15) is 0 Å². The maximum absolute atomic E-state index is 5.98. The average molecular weight is 326 g/mol. The number of anilines is 3. The third kappa shape index (κ3) is 4.40. The van der Waals surface area contributed by atoms with Gasteiger partial charge in [-0.1, -0.05) is 48.0 Å². The second kappa shape index (κ2) is 7.07. The molecule has 0 aliphatic heterocycles. The Kier molecular flexibility index (Phi) is 4.68. The van der Waals surface area contributed by atoms with E-state index in [0.717, 1.165) is 11.3 Å². The summed E-state index contributed by atoms with van der Waals surface area (Å²) in [5, 5.41) is 6.42. The Morgan fingerprint density at radius 2 is 1.57 bits per heavy atom. The molecule has 1 aromatic heterocycles. The Morgan fingerprint density at radius 1 is 0.870 bits per heavy atom. The lowest BCUT2D eigenvalue weighted by Crippen LogP contribution is -2.07. The lowest BCUT2D eigenvalue weighted by molar-refractivity contribution is 1.01. The summed E-state index contributed by atoms with van der Waals surface area (Å²) in [5.74, 6) is 0.841. The number of nitrogens with one attached hydrogen (secondary N) is 2. The van der Waals surface area contributed by atoms with Gasteiger partial charge in [-0.15, -0.1) is 0 Å². The summed E-state index contributed by atoms with van der Waals surface area (Å²) >= 11 is 5.98. The van der Waals surface area contributed by atoms with E-state index < -0.39 is 0 Å². The highest BCUT2D eigenvalue weighted by Gasteiger charge is 2.05. The first-order chi connectivity index (χ1) is 11.2. The summed E-state index contributed by atoms with van der Waals surface area (Å²) < 4.78 is 0. The highest BCUT2D eigenvalue weighted by molar-refractivity contribution is 6.28. The van der Waals surface area contributed by atoms with Crippen LogP contribution >= 0.6 is 11.6 Å². The molecule has 0 bridgehead atoms. The smallest absolute Gasteiger partial charge is 0.233 e. The molecule has 3 aromatic rings. The fraction of sp³-hybridized carbons (Fsp3) is 0.118. The fourth-order valence-corrected chi connectivity index (χ4v) is 2.19. The largest absolute Gasteiger partial charge is 0.350 e. The number of hydrogen-bond acceptors (Lipinski definition) is 5. The van der Waals surface area contributed by atoms with E-state index in [1.807, 2.05) is 61.5 Å². The molecule has 1 heterocycles. The van der Waals surface area contributed by atoms with Crippen LogP contribution in [0, 0.1) is 6.92 Å². The molecule has 0 spiro atoms. The summed E-state index contributed by atoms with van der Waals surface area (Å²) in [6, 6.07) is 18.0. The average Bonchev–Trinajstić information content (AvgIpc) is 2.56. The van der Waals surface area contributed by atoms with Crippen molar-refractivity contribution >= 4 is 29.2 Å². The third-order valence-electron chi connectivity index (χ3n) is 3.21. The highest BCUT2D eigenvalue weighted by Crippen LogP contribution is 2.16. The number of aromatic nitrogens is 3. The summed E-state index contributed by atoms with van der Waals surface area (Å²) in [5.41, 5.74) is 3.22. The molecule has 0 fully saturated rings. The molecule has 23 heavy (non-hydrogen) atoms. The molecule has 116 valence electrons. The molecule has 0 aliphatic carbocycles. The van der Waals surface area contributed by atoms with E-state index in [2.05, 4.69) is 25.6 Å². The van der Waals surface area contributed by atoms with Gasteiger partial charge in [-0.25, -0.2) is 0 Å². The molecule has 3 rings (SSSR count). The van der Waals surface area contributed by atoms with Crippen LogP contribution in [0.15, 0.2) is 54.6 Å². The van der Waals surface area contributed by atoms with Crippen LogP contribution in [0.2, 0.25) is 5.28 Å². The molecule has 5 nitrogen and oxygen atoms in total. The molecule has 0 atom stereocenters. The van der Waals surface area contributed by atoms with E-state index in [-0.39, 0.29) is 5.28 Å². The number of rotatable bonds is 5. The van der Waals surface area contributed by atoms with Crippen LogP contribution in [0.1, 0.15) is 11.1 Å². The molecule has 0 saturated carbocycles. The van der Waals surface area contributed by atoms with Gasteiger partial charge in [-0.05, 0) is 36.2 Å². The zero-order valence-corrected chi connectivity index (χ0v) is 13.4. The van der Waals surface area contributed by atoms with Gasteiger partial charge in [-0.2, -0.15) is 15.0 Å². The van der Waals surface area contributed by atoms with Crippen molar-refractivity contribution in [1.82, 2.24) is 15.0 Å². The van der Waals surface area contributed by atoms with Crippen LogP contribution in [0.5, 0.6) is 0 Å². The third-order valence-corrected chi connectivity index (χ3v) is 3.38. The highest BCUT2D eigenvalue weighted by atomic mass is 35.5. The van der Waals surface area contributed by atoms with Gasteiger partial charge < -0.3 is 10.6 Å². The van der Waals surface area contributed by atoms with Crippen molar-refractivity contribution in [2.24, 2.45) is 0 Å². The minimum Gasteiger partial charge on any atom is -0.350 e. The lowest BCUT2D eigenvalue weighted by Gasteiger charge is -2.08. The maximum Gasteiger partial charge on any atom is 0.233 e. The van der Waals surface area contributed by atoms with E-state index >= 15 is 0 Å². The minimum absolute atomic E-state index is 0.144. The van der Waals surface area contributed by atoms with E-state index in [4.69, 9.17) is 11.6 Å². The molecule has 2 aromatic carbocycles. The van der Waals surface area contributed by atoms with E-state index in [1.165, 1.54) is 5.56 Å². The molecular weight excluding hydrogens is 310 g/mol. The fourth-order valence-electron chi connectivity index (χ4n) is 2.03. The van der Waals surface area contributed by atoms with Gasteiger partial charge in [0, 0.05) is 12.2 Å². The van der Waals surface area contributed by atoms with Gasteiger partial charge in [0.2, 0.25) is 17.2 Å². The molecule has 6 heteroatoms. The second-order valence-electron chi connectivity index (χ2n) is 5.08. The standard InChI is InChI=1S/C17H16ClN5/c1-12-7-9-14(10-8-12)20-17-22-15(18)21-16(23-17)19-11-13-5-3-2-4-6-13/h2-10H,11H2,1H3,(H2,19,20,21,22,23). The first-order valence-corrected chi connectivity index (χ1v) is 7.60. The molecule has 0 aliphatic rings. The lowest BCUT2D eigenvalue weighted by atomic mass is 10.2. The minimum atomic E-state index is 0.144. The van der Waals surface area contributed by atoms with Crippen molar-refractivity contribution in [2.45, 2.75) is 13.5 Å². The van der Waals surface area contributed by atoms with Gasteiger partial charge in [-0.3, -0.25) is 0 Å². The Balaban J connectivity index is 1.72. The first-order valence-electron chi connectivity index (χ1n) is 7.22. The van der Waals surface area contributed by atoms with Gasteiger partial charge in [0.1, 0.15) is 0 Å². The predicted molar refractivity (Wildman–Crippen MR) is 93.1 cm³/mol. The number of nitrogens with zero attached hydrogens (tertiary/aromatic N) is 3. The Morgan fingerprint density at radius 3 is 2.30 bits per heavy atom. The summed E-state index contributed by atoms with van der Waals surface area (Å²) in [6.07, 6.45) is 0. The number of benzene rings is 2. The molecule has 0 unspecified atom stereocenters. The van der Waals surface area contributed by atoms with Gasteiger partial charge in [0.05, 0.1) is 0 Å². The van der Waals surface area contributed by atoms with E-state index in [0.29, 0.717) is 18.4 Å². The summed E-state index contributed by atoms with van der Waals surface area (Å²) in [4.78, 5) is 12.5. The molecule has 2 N–H and O–H groups in total. The number of hydrogen-bond donors (Lipinski definition) is 2. The van der Waals surface area contributed by atoms with Crippen molar-refractivity contribution in [3.05, 3.63) is 71.0 Å². The summed E-state index contributed by atoms with van der Waals surface area (Å²) in [6.45, 7) is 2.65. The summed E-state index contributed by atoms with van der Waals surface area (Å²) in [7, 11) is 0. The molecule has 0 saturated heterocycles. The van der Waals surface area contributed by atoms with E-state index in [1.54, 1.807) is 0 Å². The van der Waals surface area contributed by atoms with Crippen molar-refractivity contribution < 1.29 is 0 Å². The predicted octanol–water partition coefficient (Wildman–Crippen LogP) is 4.19. The number of halogens is 1. The van der Waals surface area contributed by atoms with Crippen molar-refractivity contribution in [3.8, 4) is 0 Å². The van der Waals surface area contributed by atoms with Crippen molar-refractivity contribution in [2.75, 3.05) is 10.6 Å². The Hall–Kier alpha value is -2.66. The second-order valence-corrected chi connectivity index (χ2v) is 5.42. The van der Waals surface area contributed by atoms with Crippen LogP contribution in [0.25, 0.3) is 0 Å². The van der Waals surface area contributed by atoms with Crippen LogP contribution in [-0.2, 0) is 6.54 Å². The molecule has 0 amide bonds. The number of aryl methyl sites for hydroxylation is 1. The van der Waals surface area contributed by atoms with Gasteiger partial charge in [0.25, 0.3) is 0 Å². The zero-order valence-electron chi connectivity index (χ0n) is 12.6. The van der Waals surface area contributed by atoms with Gasteiger partial charge in [0.15, 0.2) is 0 Å². The zero-order chi connectivity index (χ0) is 16.1. The Bertz CT molecular complexity index is 775. The van der Waals surface area contributed by atoms with Crippen molar-refractivity contribution in [3.63, 3.8) is 0 Å². The monoisotopic (exact) mass is 325 g/mol. The SMILES string of the molecule is Cc1ccc(Nc2nc(Cl)nc(NCc3ccccc3)n2)cc1. The van der Waals surface area contributed by atoms with Gasteiger partial charge >= 0.3 is 0 Å². The molecular formula is C17H16ClN5. The van der Waals surface area contributed by atoms with Crippen LogP contribution < -0.4 is 10.6 Å². The van der Waals surface area contributed by atoms with Crippen LogP contribution in [-0.4, -0.2) is 15.0 Å².